The lowest BCUT2D eigenvalue weighted by Gasteiger charge is -2.49. The van der Waals surface area contributed by atoms with E-state index in [2.05, 4.69) is 39.6 Å². The fourth-order valence-corrected chi connectivity index (χ4v) is 3.81. The van der Waals surface area contributed by atoms with E-state index in [1.807, 2.05) is 6.92 Å². The third kappa shape index (κ3) is 2.78. The third-order valence-electron chi connectivity index (χ3n) is 4.37. The lowest BCUT2D eigenvalue weighted by Crippen LogP contribution is -2.54. The molecule has 0 saturated heterocycles. The maximum absolute atomic E-state index is 9.86. The van der Waals surface area contributed by atoms with Gasteiger partial charge >= 0.3 is 0 Å². The van der Waals surface area contributed by atoms with E-state index in [4.69, 9.17) is 0 Å². The van der Waals surface area contributed by atoms with Gasteiger partial charge in [0.25, 0.3) is 0 Å². The highest BCUT2D eigenvalue weighted by Crippen LogP contribution is 2.46. The number of aliphatic hydroxyl groups excluding tert-OH is 1. The highest BCUT2D eigenvalue weighted by Gasteiger charge is 2.45. The van der Waals surface area contributed by atoms with Crippen molar-refractivity contribution in [1.29, 1.82) is 0 Å². The van der Waals surface area contributed by atoms with Crippen LogP contribution in [0.4, 0.5) is 0 Å². The molecule has 1 rings (SSSR count). The summed E-state index contributed by atoms with van der Waals surface area (Å²) in [5.41, 5.74) is 0.567. The van der Waals surface area contributed by atoms with Crippen LogP contribution in [0.5, 0.6) is 0 Å². The third-order valence-corrected chi connectivity index (χ3v) is 4.37. The van der Waals surface area contributed by atoms with Gasteiger partial charge in [0, 0.05) is 6.04 Å². The Morgan fingerprint density at radius 2 is 1.44 bits per heavy atom. The average Bonchev–Trinajstić information content (AvgIpc) is 2.20. The van der Waals surface area contributed by atoms with Crippen molar-refractivity contribution >= 4 is 0 Å². The van der Waals surface area contributed by atoms with Gasteiger partial charge in [-0.3, -0.25) is 4.90 Å². The van der Waals surface area contributed by atoms with Gasteiger partial charge in [-0.05, 0) is 37.6 Å². The van der Waals surface area contributed by atoms with Crippen LogP contribution in [0.2, 0.25) is 0 Å². The van der Waals surface area contributed by atoms with Crippen LogP contribution in [-0.2, 0) is 0 Å². The smallest absolute Gasteiger partial charge is 0.104 e. The van der Waals surface area contributed by atoms with Gasteiger partial charge in [0.1, 0.15) is 6.23 Å². The van der Waals surface area contributed by atoms with Gasteiger partial charge in [-0.1, -0.05) is 40.5 Å². The highest BCUT2D eigenvalue weighted by molar-refractivity contribution is 4.97. The lowest BCUT2D eigenvalue weighted by molar-refractivity contribution is -0.0730. The molecular formula is C14H29NO. The normalized spacial score (nSPS) is 27.8. The first kappa shape index (κ1) is 14.0. The number of hydrogen-bond donors (Lipinski definition) is 1. The van der Waals surface area contributed by atoms with Gasteiger partial charge in [-0.25, -0.2) is 0 Å². The first-order valence-electron chi connectivity index (χ1n) is 6.58. The lowest BCUT2D eigenvalue weighted by atomic mass is 9.68. The van der Waals surface area contributed by atoms with Gasteiger partial charge in [0.15, 0.2) is 0 Å². The molecule has 0 aromatic rings. The summed E-state index contributed by atoms with van der Waals surface area (Å²) in [5.74, 6) is 0. The number of aliphatic hydroxyl groups is 1. The molecule has 2 nitrogen and oxygen atoms in total. The Bertz CT molecular complexity index is 215. The minimum absolute atomic E-state index is 0.283. The minimum atomic E-state index is -0.360. The van der Waals surface area contributed by atoms with Crippen molar-refractivity contribution in [3.63, 3.8) is 0 Å². The van der Waals surface area contributed by atoms with Gasteiger partial charge in [0.2, 0.25) is 0 Å². The van der Waals surface area contributed by atoms with Crippen molar-refractivity contribution in [3.8, 4) is 0 Å². The van der Waals surface area contributed by atoms with Crippen LogP contribution in [-0.4, -0.2) is 29.3 Å². The molecule has 1 fully saturated rings. The van der Waals surface area contributed by atoms with Gasteiger partial charge in [-0.2, -0.15) is 0 Å². The number of hydrogen-bond acceptors (Lipinski definition) is 2. The molecule has 0 radical (unpaired) electrons. The molecule has 1 N–H and O–H groups in total. The van der Waals surface area contributed by atoms with Crippen LogP contribution in [0.25, 0.3) is 0 Å². The predicted molar refractivity (Wildman–Crippen MR) is 69.3 cm³/mol. The molecule has 0 aromatic heterocycles. The maximum Gasteiger partial charge on any atom is 0.104 e. The van der Waals surface area contributed by atoms with Crippen LogP contribution >= 0.6 is 0 Å². The van der Waals surface area contributed by atoms with E-state index in [9.17, 15) is 5.11 Å². The highest BCUT2D eigenvalue weighted by atomic mass is 16.3. The Balaban J connectivity index is 3.03. The topological polar surface area (TPSA) is 23.5 Å². The van der Waals surface area contributed by atoms with E-state index >= 15 is 0 Å². The van der Waals surface area contributed by atoms with E-state index in [-0.39, 0.29) is 17.1 Å². The Kier molecular flexibility index (Phi) is 4.07. The van der Waals surface area contributed by atoms with Crippen LogP contribution < -0.4 is 0 Å². The molecule has 1 aliphatic carbocycles. The SMILES string of the molecule is CC(O)N(C)C1C(C)(C)CCCCC1(C)C. The molecular weight excluding hydrogens is 198 g/mol. The first-order chi connectivity index (χ1) is 7.18. The monoisotopic (exact) mass is 227 g/mol. The Hall–Kier alpha value is -0.0800. The van der Waals surface area contributed by atoms with Gasteiger partial charge < -0.3 is 5.11 Å². The van der Waals surface area contributed by atoms with Crippen molar-refractivity contribution in [2.24, 2.45) is 10.8 Å². The first-order valence-corrected chi connectivity index (χ1v) is 6.58. The van der Waals surface area contributed by atoms with Crippen LogP contribution in [0, 0.1) is 10.8 Å². The molecule has 96 valence electrons. The van der Waals surface area contributed by atoms with Crippen LogP contribution in [0.15, 0.2) is 0 Å². The van der Waals surface area contributed by atoms with Gasteiger partial charge in [-0.15, -0.1) is 0 Å². The molecule has 0 spiro atoms. The molecule has 1 saturated carbocycles. The summed E-state index contributed by atoms with van der Waals surface area (Å²) in [6.45, 7) is 11.3. The molecule has 2 heteroatoms. The van der Waals surface area contributed by atoms with Crippen LogP contribution in [0.1, 0.15) is 60.3 Å². The quantitative estimate of drug-likeness (QED) is 0.578. The zero-order chi connectivity index (χ0) is 12.6. The van der Waals surface area contributed by atoms with Crippen molar-refractivity contribution in [3.05, 3.63) is 0 Å². The van der Waals surface area contributed by atoms with E-state index in [1.165, 1.54) is 25.7 Å². The molecule has 0 heterocycles. The minimum Gasteiger partial charge on any atom is -0.379 e. The number of rotatable bonds is 2. The summed E-state index contributed by atoms with van der Waals surface area (Å²) in [4.78, 5) is 2.16. The fourth-order valence-electron chi connectivity index (χ4n) is 3.81. The summed E-state index contributed by atoms with van der Waals surface area (Å²) in [7, 11) is 2.06. The van der Waals surface area contributed by atoms with E-state index in [0.717, 1.165) is 0 Å². The predicted octanol–water partition coefficient (Wildman–Crippen LogP) is 3.25. The fraction of sp³-hybridized carbons (Fsp3) is 1.00. The van der Waals surface area contributed by atoms with Crippen LogP contribution in [0.3, 0.4) is 0 Å². The second kappa shape index (κ2) is 4.66. The Labute approximate surface area is 101 Å². The molecule has 0 bridgehead atoms. The second-order valence-electron chi connectivity index (χ2n) is 6.88. The van der Waals surface area contributed by atoms with E-state index in [0.29, 0.717) is 6.04 Å². The summed E-state index contributed by atoms with van der Waals surface area (Å²) in [6, 6.07) is 0.447. The molecule has 16 heavy (non-hydrogen) atoms. The molecule has 0 amide bonds. The largest absolute Gasteiger partial charge is 0.379 e. The molecule has 0 aromatic carbocycles. The zero-order valence-electron chi connectivity index (χ0n) is 11.9. The molecule has 1 aliphatic rings. The zero-order valence-corrected chi connectivity index (χ0v) is 11.9. The van der Waals surface area contributed by atoms with Crippen molar-refractivity contribution in [1.82, 2.24) is 4.90 Å². The second-order valence-corrected chi connectivity index (χ2v) is 6.88. The van der Waals surface area contributed by atoms with Crippen molar-refractivity contribution in [2.45, 2.75) is 72.6 Å². The summed E-state index contributed by atoms with van der Waals surface area (Å²) in [6.07, 6.45) is 4.80. The van der Waals surface area contributed by atoms with Crippen molar-refractivity contribution in [2.75, 3.05) is 7.05 Å². The molecule has 1 atom stereocenters. The van der Waals surface area contributed by atoms with Crippen molar-refractivity contribution < 1.29 is 5.11 Å². The molecule has 0 aliphatic heterocycles. The maximum atomic E-state index is 9.86. The summed E-state index contributed by atoms with van der Waals surface area (Å²) >= 11 is 0. The standard InChI is InChI=1S/C14H29NO/c1-11(16)15(6)12-13(2,3)9-7-8-10-14(12,4)5/h11-12,16H,7-10H2,1-6H3. The average molecular weight is 227 g/mol. The Morgan fingerprint density at radius 1 is 1.06 bits per heavy atom. The Morgan fingerprint density at radius 3 is 1.75 bits per heavy atom. The molecule has 1 unspecified atom stereocenters. The summed E-state index contributed by atoms with van der Waals surface area (Å²) < 4.78 is 0. The summed E-state index contributed by atoms with van der Waals surface area (Å²) in [5, 5.41) is 9.86. The number of nitrogens with zero attached hydrogens (tertiary/aromatic N) is 1. The van der Waals surface area contributed by atoms with E-state index in [1.54, 1.807) is 0 Å². The van der Waals surface area contributed by atoms with E-state index < -0.39 is 0 Å². The van der Waals surface area contributed by atoms with Gasteiger partial charge in [0.05, 0.1) is 0 Å².